The molecule has 1 atom stereocenters. The maximum Gasteiger partial charge on any atom is 0.242 e. The summed E-state index contributed by atoms with van der Waals surface area (Å²) in [6.45, 7) is 5.42. The third-order valence-electron chi connectivity index (χ3n) is 4.67. The molecule has 2 N–H and O–H groups in total. The fraction of sp³-hybridized carbons (Fsp3) is 0.300. The van der Waals surface area contributed by atoms with E-state index in [4.69, 9.17) is 4.74 Å². The Balaban J connectivity index is 1.80. The van der Waals surface area contributed by atoms with Crippen LogP contribution in [-0.4, -0.2) is 47.7 Å². The second-order valence-corrected chi connectivity index (χ2v) is 8.98. The van der Waals surface area contributed by atoms with Gasteiger partial charge in [0.1, 0.15) is 18.1 Å². The molecule has 0 aliphatic heterocycles. The van der Waals surface area contributed by atoms with E-state index in [9.17, 15) is 13.2 Å². The largest absolute Gasteiger partial charge is 0.497 e. The summed E-state index contributed by atoms with van der Waals surface area (Å²) >= 11 is 0. The molecule has 10 nitrogen and oxygen atoms in total. The SMILES string of the molecule is COc1ccc(S(=O)(=O)N[C@H](C(=O)Nc2ccc(C)c(-n3cnnn3)c2)C(C)C)cc1. The Morgan fingerprint density at radius 3 is 2.42 bits per heavy atom. The molecule has 31 heavy (non-hydrogen) atoms. The highest BCUT2D eigenvalue weighted by Gasteiger charge is 2.28. The van der Waals surface area contributed by atoms with Gasteiger partial charge < -0.3 is 10.1 Å². The lowest BCUT2D eigenvalue weighted by molar-refractivity contribution is -0.118. The lowest BCUT2D eigenvalue weighted by atomic mass is 10.0. The monoisotopic (exact) mass is 444 g/mol. The van der Waals surface area contributed by atoms with E-state index >= 15 is 0 Å². The van der Waals surface area contributed by atoms with Crippen molar-refractivity contribution < 1.29 is 17.9 Å². The third kappa shape index (κ3) is 5.25. The second-order valence-electron chi connectivity index (χ2n) is 7.26. The van der Waals surface area contributed by atoms with Gasteiger partial charge in [0.05, 0.1) is 17.7 Å². The Morgan fingerprint density at radius 1 is 1.13 bits per heavy atom. The molecule has 3 aromatic rings. The first-order chi connectivity index (χ1) is 14.7. The number of ether oxygens (including phenoxy) is 1. The summed E-state index contributed by atoms with van der Waals surface area (Å²) in [4.78, 5) is 13.0. The Hall–Kier alpha value is -3.31. The van der Waals surface area contributed by atoms with Gasteiger partial charge >= 0.3 is 0 Å². The summed E-state index contributed by atoms with van der Waals surface area (Å²) < 4.78 is 34.6. The second kappa shape index (κ2) is 9.23. The van der Waals surface area contributed by atoms with Crippen molar-refractivity contribution in [3.63, 3.8) is 0 Å². The number of hydrogen-bond acceptors (Lipinski definition) is 7. The Kier molecular flexibility index (Phi) is 6.66. The van der Waals surface area contributed by atoms with Crippen molar-refractivity contribution in [3.8, 4) is 11.4 Å². The molecule has 0 bridgehead atoms. The van der Waals surface area contributed by atoms with Gasteiger partial charge in [-0.05, 0) is 65.2 Å². The Bertz CT molecular complexity index is 1140. The lowest BCUT2D eigenvalue weighted by Gasteiger charge is -2.22. The van der Waals surface area contributed by atoms with Crippen molar-refractivity contribution in [2.24, 2.45) is 5.92 Å². The number of carbonyl (C=O) groups excluding carboxylic acids is 1. The number of nitrogens with zero attached hydrogens (tertiary/aromatic N) is 4. The van der Waals surface area contributed by atoms with E-state index in [-0.39, 0.29) is 10.8 Å². The molecule has 0 fully saturated rings. The molecule has 0 unspecified atom stereocenters. The van der Waals surface area contributed by atoms with Gasteiger partial charge in [0.15, 0.2) is 0 Å². The number of amides is 1. The molecule has 0 aliphatic rings. The van der Waals surface area contributed by atoms with Crippen LogP contribution < -0.4 is 14.8 Å². The van der Waals surface area contributed by atoms with Crippen LogP contribution in [-0.2, 0) is 14.8 Å². The minimum absolute atomic E-state index is 0.0445. The first-order valence-electron chi connectivity index (χ1n) is 9.52. The standard InChI is InChI=1S/C20H24N6O4S/c1-13(2)19(23-31(28,29)17-9-7-16(30-4)8-10-17)20(27)22-15-6-5-14(3)18(11-15)26-12-21-24-25-26/h5-13,19,23H,1-4H3,(H,22,27)/t19-/m0/s1. The number of sulfonamides is 1. The molecule has 11 heteroatoms. The minimum Gasteiger partial charge on any atom is -0.497 e. The number of aromatic nitrogens is 4. The molecule has 164 valence electrons. The predicted molar refractivity (Wildman–Crippen MR) is 114 cm³/mol. The average Bonchev–Trinajstić information content (AvgIpc) is 3.28. The van der Waals surface area contributed by atoms with E-state index < -0.39 is 22.0 Å². The average molecular weight is 445 g/mol. The molecule has 0 aliphatic carbocycles. The van der Waals surface area contributed by atoms with Gasteiger partial charge in [0.25, 0.3) is 0 Å². The predicted octanol–water partition coefficient (Wildman–Crippen LogP) is 1.92. The normalized spacial score (nSPS) is 12.5. The maximum atomic E-state index is 12.9. The summed E-state index contributed by atoms with van der Waals surface area (Å²) in [5, 5.41) is 13.9. The number of carbonyl (C=O) groups is 1. The quantitative estimate of drug-likeness (QED) is 0.543. The van der Waals surface area contributed by atoms with E-state index in [0.717, 1.165) is 5.56 Å². The van der Waals surface area contributed by atoms with Crippen molar-refractivity contribution in [2.45, 2.75) is 31.7 Å². The smallest absolute Gasteiger partial charge is 0.242 e. The van der Waals surface area contributed by atoms with Crippen LogP contribution in [0, 0.1) is 12.8 Å². The van der Waals surface area contributed by atoms with Gasteiger partial charge in [-0.15, -0.1) is 5.10 Å². The summed E-state index contributed by atoms with van der Waals surface area (Å²) in [7, 11) is -2.42. The molecule has 0 saturated heterocycles. The fourth-order valence-corrected chi connectivity index (χ4v) is 4.25. The number of nitrogens with one attached hydrogen (secondary N) is 2. The molecule has 0 spiro atoms. The van der Waals surface area contributed by atoms with Crippen molar-refractivity contribution in [1.82, 2.24) is 24.9 Å². The van der Waals surface area contributed by atoms with Crippen LogP contribution in [0.5, 0.6) is 5.75 Å². The van der Waals surface area contributed by atoms with Gasteiger partial charge in [-0.25, -0.2) is 13.1 Å². The van der Waals surface area contributed by atoms with Crippen LogP contribution in [0.15, 0.2) is 53.7 Å². The van der Waals surface area contributed by atoms with Crippen molar-refractivity contribution in [2.75, 3.05) is 12.4 Å². The van der Waals surface area contributed by atoms with E-state index in [1.165, 1.54) is 30.3 Å². The fourth-order valence-electron chi connectivity index (χ4n) is 2.91. The number of anilines is 1. The summed E-state index contributed by atoms with van der Waals surface area (Å²) in [5.41, 5.74) is 2.10. The topological polar surface area (TPSA) is 128 Å². The highest BCUT2D eigenvalue weighted by Crippen LogP contribution is 2.20. The Morgan fingerprint density at radius 2 is 1.84 bits per heavy atom. The van der Waals surface area contributed by atoms with Crippen LogP contribution in [0.25, 0.3) is 5.69 Å². The number of benzene rings is 2. The number of tetrazole rings is 1. The number of hydrogen-bond donors (Lipinski definition) is 2. The zero-order valence-corrected chi connectivity index (χ0v) is 18.4. The van der Waals surface area contributed by atoms with Crippen LogP contribution in [0.4, 0.5) is 5.69 Å². The van der Waals surface area contributed by atoms with Gasteiger partial charge in [0, 0.05) is 5.69 Å². The molecule has 0 saturated carbocycles. The zero-order chi connectivity index (χ0) is 22.6. The highest BCUT2D eigenvalue weighted by atomic mass is 32.2. The van der Waals surface area contributed by atoms with Crippen LogP contribution in [0.1, 0.15) is 19.4 Å². The van der Waals surface area contributed by atoms with Crippen LogP contribution in [0.3, 0.4) is 0 Å². The molecule has 2 aromatic carbocycles. The third-order valence-corrected chi connectivity index (χ3v) is 6.13. The molecular formula is C20H24N6O4S. The maximum absolute atomic E-state index is 12.9. The van der Waals surface area contributed by atoms with E-state index in [2.05, 4.69) is 25.6 Å². The summed E-state index contributed by atoms with van der Waals surface area (Å²) in [6.07, 6.45) is 1.45. The zero-order valence-electron chi connectivity index (χ0n) is 17.6. The number of aryl methyl sites for hydroxylation is 1. The molecule has 1 heterocycles. The van der Waals surface area contributed by atoms with Gasteiger partial charge in [-0.1, -0.05) is 19.9 Å². The minimum atomic E-state index is -3.91. The number of methoxy groups -OCH3 is 1. The van der Waals surface area contributed by atoms with Gasteiger partial charge in [0.2, 0.25) is 15.9 Å². The summed E-state index contributed by atoms with van der Waals surface area (Å²) in [6, 6.07) is 10.2. The van der Waals surface area contributed by atoms with E-state index in [0.29, 0.717) is 17.1 Å². The molecular weight excluding hydrogens is 420 g/mol. The van der Waals surface area contributed by atoms with Gasteiger partial charge in [-0.2, -0.15) is 4.72 Å². The van der Waals surface area contributed by atoms with Crippen molar-refractivity contribution in [3.05, 3.63) is 54.4 Å². The summed E-state index contributed by atoms with van der Waals surface area (Å²) in [5.74, 6) is -0.231. The first kappa shape index (κ1) is 22.4. The van der Waals surface area contributed by atoms with Crippen LogP contribution >= 0.6 is 0 Å². The lowest BCUT2D eigenvalue weighted by Crippen LogP contribution is -2.47. The van der Waals surface area contributed by atoms with Gasteiger partial charge in [-0.3, -0.25) is 4.79 Å². The molecule has 1 amide bonds. The van der Waals surface area contributed by atoms with Crippen molar-refractivity contribution in [1.29, 1.82) is 0 Å². The highest BCUT2D eigenvalue weighted by molar-refractivity contribution is 7.89. The Labute approximate surface area is 180 Å². The van der Waals surface area contributed by atoms with Crippen molar-refractivity contribution >= 4 is 21.6 Å². The number of rotatable bonds is 8. The first-order valence-corrected chi connectivity index (χ1v) is 11.0. The molecule has 3 rings (SSSR count). The van der Waals surface area contributed by atoms with Crippen LogP contribution in [0.2, 0.25) is 0 Å². The van der Waals surface area contributed by atoms with E-state index in [1.807, 2.05) is 13.0 Å². The molecule has 1 aromatic heterocycles. The van der Waals surface area contributed by atoms with E-state index in [1.54, 1.807) is 38.1 Å². The molecule has 0 radical (unpaired) electrons.